The zero-order valence-corrected chi connectivity index (χ0v) is 17.9. The third-order valence-corrected chi connectivity index (χ3v) is 4.30. The molecule has 0 aliphatic heterocycles. The summed E-state index contributed by atoms with van der Waals surface area (Å²) in [5.41, 5.74) is 1.01. The molecular formula is C20H22BrN3O3S. The first-order valence-corrected chi connectivity index (χ1v) is 9.80. The largest absolute Gasteiger partial charge is 0.497 e. The average Bonchev–Trinajstić information content (AvgIpc) is 2.70. The fraction of sp³-hybridized carbons (Fsp3) is 0.300. The molecule has 2 N–H and O–H groups in total. The molecule has 2 rings (SSSR count). The third-order valence-electron chi connectivity index (χ3n) is 3.59. The SMILES string of the molecule is C#CCOCCOc1ccc(OC)cc1CCNC(=S)Nc1ccc(Br)cn1. The number of terminal acetylenes is 1. The molecule has 0 amide bonds. The van der Waals surface area contributed by atoms with Gasteiger partial charge in [-0.05, 0) is 70.5 Å². The van der Waals surface area contributed by atoms with Gasteiger partial charge in [-0.15, -0.1) is 6.42 Å². The van der Waals surface area contributed by atoms with Gasteiger partial charge in [-0.2, -0.15) is 0 Å². The van der Waals surface area contributed by atoms with Gasteiger partial charge in [0, 0.05) is 17.2 Å². The van der Waals surface area contributed by atoms with Crippen molar-refractivity contribution in [2.75, 3.05) is 38.8 Å². The standard InChI is InChI=1S/C20H22BrN3O3S/c1-3-10-26-11-12-27-18-6-5-17(25-2)13-15(18)8-9-22-20(28)24-19-7-4-16(21)14-23-19/h1,4-7,13-14H,8-12H2,2H3,(H2,22,23,24,28). The summed E-state index contributed by atoms with van der Waals surface area (Å²) in [5.74, 6) is 4.65. The lowest BCUT2D eigenvalue weighted by molar-refractivity contribution is 0.124. The summed E-state index contributed by atoms with van der Waals surface area (Å²) in [6.07, 6.45) is 7.56. The predicted molar refractivity (Wildman–Crippen MR) is 118 cm³/mol. The molecule has 0 saturated carbocycles. The van der Waals surface area contributed by atoms with Gasteiger partial charge in [-0.25, -0.2) is 4.98 Å². The number of thiocarbonyl (C=S) groups is 1. The minimum absolute atomic E-state index is 0.278. The molecule has 0 bridgehead atoms. The summed E-state index contributed by atoms with van der Waals surface area (Å²) in [5, 5.41) is 6.72. The number of nitrogens with zero attached hydrogens (tertiary/aromatic N) is 1. The van der Waals surface area contributed by atoms with Gasteiger partial charge in [0.2, 0.25) is 0 Å². The second-order valence-corrected chi connectivity index (χ2v) is 6.90. The van der Waals surface area contributed by atoms with E-state index in [0.717, 1.165) is 21.5 Å². The van der Waals surface area contributed by atoms with Crippen LogP contribution in [0, 0.1) is 12.3 Å². The maximum Gasteiger partial charge on any atom is 0.171 e. The van der Waals surface area contributed by atoms with Gasteiger partial charge in [0.05, 0.1) is 13.7 Å². The number of ether oxygens (including phenoxy) is 3. The van der Waals surface area contributed by atoms with Gasteiger partial charge in [-0.3, -0.25) is 0 Å². The summed E-state index contributed by atoms with van der Waals surface area (Å²) in [6, 6.07) is 9.43. The van der Waals surface area contributed by atoms with Crippen molar-refractivity contribution in [2.45, 2.75) is 6.42 Å². The van der Waals surface area contributed by atoms with Crippen LogP contribution in [0.3, 0.4) is 0 Å². The fourth-order valence-electron chi connectivity index (χ4n) is 2.28. The lowest BCUT2D eigenvalue weighted by Crippen LogP contribution is -2.30. The van der Waals surface area contributed by atoms with Crippen molar-refractivity contribution < 1.29 is 14.2 Å². The van der Waals surface area contributed by atoms with E-state index in [1.54, 1.807) is 13.3 Å². The molecular weight excluding hydrogens is 442 g/mol. The quantitative estimate of drug-likeness (QED) is 0.318. The summed E-state index contributed by atoms with van der Waals surface area (Å²) < 4.78 is 17.3. The van der Waals surface area contributed by atoms with Crippen molar-refractivity contribution in [2.24, 2.45) is 0 Å². The van der Waals surface area contributed by atoms with E-state index in [0.29, 0.717) is 37.1 Å². The van der Waals surface area contributed by atoms with Crippen LogP contribution < -0.4 is 20.1 Å². The van der Waals surface area contributed by atoms with E-state index in [2.05, 4.69) is 37.5 Å². The van der Waals surface area contributed by atoms with E-state index >= 15 is 0 Å². The van der Waals surface area contributed by atoms with Gasteiger partial charge >= 0.3 is 0 Å². The molecule has 0 atom stereocenters. The van der Waals surface area contributed by atoms with Crippen molar-refractivity contribution in [1.29, 1.82) is 0 Å². The third kappa shape index (κ3) is 7.72. The van der Waals surface area contributed by atoms with Crippen LogP contribution in [0.4, 0.5) is 5.82 Å². The molecule has 1 heterocycles. The van der Waals surface area contributed by atoms with Crippen LogP contribution in [0.1, 0.15) is 5.56 Å². The highest BCUT2D eigenvalue weighted by molar-refractivity contribution is 9.10. The number of halogens is 1. The zero-order valence-electron chi connectivity index (χ0n) is 15.5. The van der Waals surface area contributed by atoms with Crippen LogP contribution in [0.2, 0.25) is 0 Å². The number of rotatable bonds is 10. The average molecular weight is 464 g/mol. The van der Waals surface area contributed by atoms with Crippen LogP contribution in [0.25, 0.3) is 0 Å². The Morgan fingerprint density at radius 3 is 2.86 bits per heavy atom. The topological polar surface area (TPSA) is 64.6 Å². The van der Waals surface area contributed by atoms with E-state index < -0.39 is 0 Å². The molecule has 6 nitrogen and oxygen atoms in total. The number of nitrogens with one attached hydrogen (secondary N) is 2. The zero-order chi connectivity index (χ0) is 20.2. The van der Waals surface area contributed by atoms with Crippen molar-refractivity contribution in [3.05, 3.63) is 46.6 Å². The molecule has 0 saturated heterocycles. The lowest BCUT2D eigenvalue weighted by Gasteiger charge is -2.14. The lowest BCUT2D eigenvalue weighted by atomic mass is 10.1. The number of benzene rings is 1. The number of methoxy groups -OCH3 is 1. The summed E-state index contributed by atoms with van der Waals surface area (Å²) in [4.78, 5) is 4.23. The summed E-state index contributed by atoms with van der Waals surface area (Å²) in [7, 11) is 1.63. The molecule has 0 unspecified atom stereocenters. The first-order valence-electron chi connectivity index (χ1n) is 8.59. The second kappa shape index (κ2) is 12.2. The van der Waals surface area contributed by atoms with Crippen molar-refractivity contribution in [1.82, 2.24) is 10.3 Å². The van der Waals surface area contributed by atoms with Gasteiger partial charge < -0.3 is 24.8 Å². The maximum absolute atomic E-state index is 5.81. The van der Waals surface area contributed by atoms with Crippen LogP contribution in [0.5, 0.6) is 11.5 Å². The van der Waals surface area contributed by atoms with Crippen LogP contribution in [-0.4, -0.2) is 43.6 Å². The first-order chi connectivity index (χ1) is 13.6. The molecule has 1 aromatic heterocycles. The van der Waals surface area contributed by atoms with E-state index in [-0.39, 0.29) is 6.61 Å². The molecule has 148 valence electrons. The Morgan fingerprint density at radius 1 is 1.29 bits per heavy atom. The Labute approximate surface area is 179 Å². The Hall–Kier alpha value is -2.34. The number of pyridine rings is 1. The van der Waals surface area contributed by atoms with E-state index in [1.807, 2.05) is 30.3 Å². The molecule has 28 heavy (non-hydrogen) atoms. The van der Waals surface area contributed by atoms with Gasteiger partial charge in [0.1, 0.15) is 30.5 Å². The molecule has 1 aromatic carbocycles. The number of hydrogen-bond donors (Lipinski definition) is 2. The molecule has 0 aliphatic carbocycles. The molecule has 0 radical (unpaired) electrons. The summed E-state index contributed by atoms with van der Waals surface area (Å²) >= 11 is 8.66. The Bertz CT molecular complexity index is 809. The van der Waals surface area contributed by atoms with Crippen molar-refractivity contribution >= 4 is 39.1 Å². The van der Waals surface area contributed by atoms with Gasteiger partial charge in [0.15, 0.2) is 5.11 Å². The van der Waals surface area contributed by atoms with Crippen LogP contribution >= 0.6 is 28.1 Å². The Balaban J connectivity index is 1.85. The Kier molecular flexibility index (Phi) is 9.55. The van der Waals surface area contributed by atoms with E-state index in [4.69, 9.17) is 32.9 Å². The van der Waals surface area contributed by atoms with Crippen LogP contribution in [0.15, 0.2) is 41.0 Å². The Morgan fingerprint density at radius 2 is 2.14 bits per heavy atom. The monoisotopic (exact) mass is 463 g/mol. The number of aromatic nitrogens is 1. The molecule has 0 fully saturated rings. The molecule has 0 aliphatic rings. The fourth-order valence-corrected chi connectivity index (χ4v) is 2.72. The van der Waals surface area contributed by atoms with E-state index in [1.165, 1.54) is 0 Å². The maximum atomic E-state index is 5.81. The minimum Gasteiger partial charge on any atom is -0.497 e. The summed E-state index contributed by atoms with van der Waals surface area (Å²) in [6.45, 7) is 1.76. The number of anilines is 1. The first kappa shape index (κ1) is 22.0. The smallest absolute Gasteiger partial charge is 0.171 e. The van der Waals surface area contributed by atoms with Crippen LogP contribution in [-0.2, 0) is 11.2 Å². The van der Waals surface area contributed by atoms with E-state index in [9.17, 15) is 0 Å². The molecule has 8 heteroatoms. The predicted octanol–water partition coefficient (Wildman–Crippen LogP) is 3.41. The van der Waals surface area contributed by atoms with Gasteiger partial charge in [0.25, 0.3) is 0 Å². The molecule has 0 spiro atoms. The molecule has 2 aromatic rings. The number of hydrogen-bond acceptors (Lipinski definition) is 5. The minimum atomic E-state index is 0.278. The second-order valence-electron chi connectivity index (χ2n) is 5.57. The van der Waals surface area contributed by atoms with Crippen molar-refractivity contribution in [3.8, 4) is 23.8 Å². The van der Waals surface area contributed by atoms with Crippen molar-refractivity contribution in [3.63, 3.8) is 0 Å². The highest BCUT2D eigenvalue weighted by atomic mass is 79.9. The normalized spacial score (nSPS) is 10.0. The highest BCUT2D eigenvalue weighted by Crippen LogP contribution is 2.24. The highest BCUT2D eigenvalue weighted by Gasteiger charge is 2.07. The van der Waals surface area contributed by atoms with Gasteiger partial charge in [-0.1, -0.05) is 5.92 Å².